The molecule has 1 nitrogen and oxygen atoms in total. The predicted molar refractivity (Wildman–Crippen MR) is 56.4 cm³/mol. The maximum atomic E-state index is 5.93. The van der Waals surface area contributed by atoms with Crippen molar-refractivity contribution in [1.29, 1.82) is 0 Å². The van der Waals surface area contributed by atoms with Crippen LogP contribution in [0.1, 0.15) is 11.3 Å². The van der Waals surface area contributed by atoms with Gasteiger partial charge in [0.1, 0.15) is 5.15 Å². The van der Waals surface area contributed by atoms with Gasteiger partial charge in [-0.2, -0.15) is 0 Å². The molecule has 0 aliphatic rings. The first-order valence-corrected chi connectivity index (χ1v) is 4.85. The first-order chi connectivity index (χ1) is 5.04. The van der Waals surface area contributed by atoms with E-state index >= 15 is 0 Å². The van der Waals surface area contributed by atoms with Crippen LogP contribution in [0.4, 0.5) is 0 Å². The summed E-state index contributed by atoms with van der Waals surface area (Å²) in [6, 6.07) is 0. The zero-order valence-corrected chi connectivity index (χ0v) is 9.75. The number of rotatable bonds is 0. The molecule has 0 aliphatic carbocycles. The van der Waals surface area contributed by atoms with Crippen LogP contribution in [-0.2, 0) is 0 Å². The average molecular weight is 302 g/mol. The third-order valence-corrected chi connectivity index (χ3v) is 3.89. The van der Waals surface area contributed by atoms with E-state index in [9.17, 15) is 0 Å². The molecule has 11 heavy (non-hydrogen) atoms. The molecule has 1 aromatic rings. The third-order valence-electron chi connectivity index (χ3n) is 1.42. The van der Waals surface area contributed by atoms with Gasteiger partial charge in [0.05, 0.1) is 14.3 Å². The molecule has 0 fully saturated rings. The van der Waals surface area contributed by atoms with E-state index in [-0.39, 0.29) is 0 Å². The number of hydrogen-bond donors (Lipinski definition) is 0. The van der Waals surface area contributed by atoms with Crippen LogP contribution in [-0.4, -0.2) is 4.98 Å². The summed E-state index contributed by atoms with van der Waals surface area (Å²) in [5.74, 6) is 0. The maximum Gasteiger partial charge on any atom is 0.143 e. The van der Waals surface area contributed by atoms with E-state index in [0.717, 1.165) is 14.8 Å². The van der Waals surface area contributed by atoms with Crippen LogP contribution in [0, 0.1) is 17.4 Å². The Bertz CT molecular complexity index is 273. The van der Waals surface area contributed by atoms with Crippen LogP contribution in [0.25, 0.3) is 0 Å². The van der Waals surface area contributed by atoms with E-state index in [1.54, 1.807) is 0 Å². The Morgan fingerprint density at radius 3 is 2.36 bits per heavy atom. The highest BCUT2D eigenvalue weighted by molar-refractivity contribution is 14.1. The molecule has 0 aliphatic heterocycles. The van der Waals surface area contributed by atoms with E-state index in [4.69, 9.17) is 23.2 Å². The van der Waals surface area contributed by atoms with Gasteiger partial charge in [-0.1, -0.05) is 23.2 Å². The van der Waals surface area contributed by atoms with Gasteiger partial charge in [-0.3, -0.25) is 0 Å². The van der Waals surface area contributed by atoms with Gasteiger partial charge < -0.3 is 0 Å². The van der Waals surface area contributed by atoms with Crippen molar-refractivity contribution >= 4 is 45.8 Å². The van der Waals surface area contributed by atoms with Crippen molar-refractivity contribution in [3.8, 4) is 0 Å². The van der Waals surface area contributed by atoms with E-state index < -0.39 is 0 Å². The fraction of sp³-hybridized carbons (Fsp3) is 0.286. The highest BCUT2D eigenvalue weighted by atomic mass is 127. The van der Waals surface area contributed by atoms with Crippen molar-refractivity contribution in [2.75, 3.05) is 0 Å². The second-order valence-electron chi connectivity index (χ2n) is 2.24. The number of aromatic nitrogens is 1. The minimum Gasteiger partial charge on any atom is -0.239 e. The molecular formula is C7H6Cl2IN. The summed E-state index contributed by atoms with van der Waals surface area (Å²) in [6.07, 6.45) is 0. The summed E-state index contributed by atoms with van der Waals surface area (Å²) in [4.78, 5) is 4.06. The summed E-state index contributed by atoms with van der Waals surface area (Å²) in [5.41, 5.74) is 1.79. The van der Waals surface area contributed by atoms with Gasteiger partial charge in [0, 0.05) is 0 Å². The Morgan fingerprint density at radius 2 is 1.82 bits per heavy atom. The van der Waals surface area contributed by atoms with Crippen LogP contribution in [0.15, 0.2) is 0 Å². The highest BCUT2D eigenvalue weighted by Crippen LogP contribution is 2.27. The fourth-order valence-electron chi connectivity index (χ4n) is 0.768. The minimum atomic E-state index is 0.532. The van der Waals surface area contributed by atoms with E-state index in [1.165, 1.54) is 0 Å². The van der Waals surface area contributed by atoms with Gasteiger partial charge in [-0.25, -0.2) is 4.98 Å². The summed E-state index contributed by atoms with van der Waals surface area (Å²) in [6.45, 7) is 3.78. The lowest BCUT2D eigenvalue weighted by molar-refractivity contribution is 1.16. The molecule has 0 bridgehead atoms. The van der Waals surface area contributed by atoms with Gasteiger partial charge in [0.25, 0.3) is 0 Å². The van der Waals surface area contributed by atoms with Crippen LogP contribution in [0.5, 0.6) is 0 Å². The molecule has 0 radical (unpaired) electrons. The average Bonchev–Trinajstić information content (AvgIpc) is 1.97. The smallest absolute Gasteiger partial charge is 0.143 e. The normalized spacial score (nSPS) is 10.3. The molecule has 0 unspecified atom stereocenters. The molecule has 0 amide bonds. The standard InChI is InChI=1S/C7H6Cl2IN/c1-3-5(8)4(2)11-7(9)6(3)10/h1-2H3. The highest BCUT2D eigenvalue weighted by Gasteiger charge is 2.08. The molecule has 0 spiro atoms. The number of hydrogen-bond acceptors (Lipinski definition) is 1. The van der Waals surface area contributed by atoms with E-state index in [1.807, 2.05) is 13.8 Å². The van der Waals surface area contributed by atoms with Gasteiger partial charge in [-0.15, -0.1) is 0 Å². The third kappa shape index (κ3) is 1.79. The topological polar surface area (TPSA) is 12.9 Å². The van der Waals surface area contributed by atoms with Crippen LogP contribution in [0.2, 0.25) is 10.2 Å². The molecule has 1 heterocycles. The monoisotopic (exact) mass is 301 g/mol. The summed E-state index contributed by atoms with van der Waals surface area (Å²) >= 11 is 13.9. The first-order valence-electron chi connectivity index (χ1n) is 3.01. The maximum absolute atomic E-state index is 5.93. The van der Waals surface area contributed by atoms with Crippen molar-refractivity contribution in [2.45, 2.75) is 13.8 Å². The lowest BCUT2D eigenvalue weighted by Gasteiger charge is -2.04. The molecule has 4 heteroatoms. The second kappa shape index (κ2) is 3.46. The number of aryl methyl sites for hydroxylation is 1. The lowest BCUT2D eigenvalue weighted by atomic mass is 10.2. The predicted octanol–water partition coefficient (Wildman–Crippen LogP) is 3.61. The van der Waals surface area contributed by atoms with Crippen LogP contribution in [0.3, 0.4) is 0 Å². The molecule has 1 aromatic heterocycles. The number of pyridine rings is 1. The van der Waals surface area contributed by atoms with Gasteiger partial charge >= 0.3 is 0 Å². The Hall–Kier alpha value is 0.460. The lowest BCUT2D eigenvalue weighted by Crippen LogP contribution is -1.92. The van der Waals surface area contributed by atoms with Crippen LogP contribution < -0.4 is 0 Å². The van der Waals surface area contributed by atoms with Gasteiger partial charge in [0.15, 0.2) is 0 Å². The second-order valence-corrected chi connectivity index (χ2v) is 4.06. The van der Waals surface area contributed by atoms with Gasteiger partial charge in [-0.05, 0) is 42.0 Å². The zero-order valence-electron chi connectivity index (χ0n) is 6.08. The molecule has 60 valence electrons. The molecule has 0 aromatic carbocycles. The van der Waals surface area contributed by atoms with E-state index in [0.29, 0.717) is 10.2 Å². The van der Waals surface area contributed by atoms with Crippen molar-refractivity contribution < 1.29 is 0 Å². The van der Waals surface area contributed by atoms with Gasteiger partial charge in [0.2, 0.25) is 0 Å². The quantitative estimate of drug-likeness (QED) is 0.527. The minimum absolute atomic E-state index is 0.532. The molecule has 0 N–H and O–H groups in total. The Morgan fingerprint density at radius 1 is 1.27 bits per heavy atom. The molecular weight excluding hydrogens is 296 g/mol. The Kier molecular flexibility index (Phi) is 3.00. The van der Waals surface area contributed by atoms with Crippen molar-refractivity contribution in [1.82, 2.24) is 4.98 Å². The van der Waals surface area contributed by atoms with Crippen LogP contribution >= 0.6 is 45.8 Å². The number of halogens is 3. The molecule has 0 saturated carbocycles. The molecule has 1 rings (SSSR count). The summed E-state index contributed by atoms with van der Waals surface area (Å²) < 4.78 is 0.930. The summed E-state index contributed by atoms with van der Waals surface area (Å²) in [5, 5.41) is 1.24. The fourth-order valence-corrected chi connectivity index (χ4v) is 1.72. The van der Waals surface area contributed by atoms with Crippen molar-refractivity contribution in [3.63, 3.8) is 0 Å². The largest absolute Gasteiger partial charge is 0.239 e. The van der Waals surface area contributed by atoms with Crippen molar-refractivity contribution in [3.05, 3.63) is 25.0 Å². The zero-order chi connectivity index (χ0) is 8.59. The number of nitrogens with zero attached hydrogens (tertiary/aromatic N) is 1. The Labute approximate surface area is 89.2 Å². The summed E-state index contributed by atoms with van der Waals surface area (Å²) in [7, 11) is 0. The van der Waals surface area contributed by atoms with E-state index in [2.05, 4.69) is 27.6 Å². The van der Waals surface area contributed by atoms with Crippen molar-refractivity contribution in [2.24, 2.45) is 0 Å². The first kappa shape index (κ1) is 9.55. The Balaban J connectivity index is 3.46. The molecule has 0 saturated heterocycles. The SMILES string of the molecule is Cc1nc(Cl)c(I)c(C)c1Cl. The molecule has 0 atom stereocenters.